The van der Waals surface area contributed by atoms with Gasteiger partial charge in [0.15, 0.2) is 11.5 Å². The minimum atomic E-state index is -4.48. The van der Waals surface area contributed by atoms with Crippen LogP contribution in [0.1, 0.15) is 29.5 Å². The summed E-state index contributed by atoms with van der Waals surface area (Å²) in [5.74, 6) is 0.231. The molecule has 4 rings (SSSR count). The number of halogens is 3. The molecule has 1 aromatic heterocycles. The van der Waals surface area contributed by atoms with Crippen molar-refractivity contribution in [1.82, 2.24) is 10.2 Å². The van der Waals surface area contributed by atoms with Gasteiger partial charge in [0.2, 0.25) is 11.8 Å². The van der Waals surface area contributed by atoms with E-state index in [-0.39, 0.29) is 17.3 Å². The Balaban J connectivity index is 1.86. The summed E-state index contributed by atoms with van der Waals surface area (Å²) >= 11 is 0. The zero-order chi connectivity index (χ0) is 23.8. The van der Waals surface area contributed by atoms with Gasteiger partial charge in [-0.15, -0.1) is 5.10 Å². The van der Waals surface area contributed by atoms with E-state index >= 15 is 0 Å². The van der Waals surface area contributed by atoms with Crippen LogP contribution in [0, 0.1) is 11.3 Å². The summed E-state index contributed by atoms with van der Waals surface area (Å²) in [4.78, 5) is 0. The number of benzene rings is 2. The molecule has 0 aliphatic carbocycles. The first-order chi connectivity index (χ1) is 15.8. The van der Waals surface area contributed by atoms with Crippen molar-refractivity contribution in [2.45, 2.75) is 19.0 Å². The van der Waals surface area contributed by atoms with Crippen LogP contribution in [0.15, 0.2) is 53.9 Å². The number of alkyl halides is 3. The van der Waals surface area contributed by atoms with E-state index in [0.29, 0.717) is 40.5 Å². The number of aromatic nitrogens is 2. The Labute approximate surface area is 187 Å². The van der Waals surface area contributed by atoms with E-state index in [9.17, 15) is 18.4 Å². The normalized spacial score (nSPS) is 15.5. The summed E-state index contributed by atoms with van der Waals surface area (Å²) in [6.45, 7) is 2.30. The van der Waals surface area contributed by atoms with Gasteiger partial charge >= 0.3 is 6.18 Å². The number of H-pyrrole nitrogens is 1. The van der Waals surface area contributed by atoms with Crippen molar-refractivity contribution in [3.05, 3.63) is 70.6 Å². The Morgan fingerprint density at radius 3 is 2.52 bits per heavy atom. The third-order valence-electron chi connectivity index (χ3n) is 5.26. The van der Waals surface area contributed by atoms with Gasteiger partial charge in [-0.3, -0.25) is 5.10 Å². The van der Waals surface area contributed by atoms with Crippen molar-refractivity contribution in [3.63, 3.8) is 0 Å². The van der Waals surface area contributed by atoms with Crippen molar-refractivity contribution >= 4 is 0 Å². The number of nitrogens with two attached hydrogens (primary N) is 1. The second kappa shape index (κ2) is 8.43. The Bertz CT molecular complexity index is 1260. The van der Waals surface area contributed by atoms with E-state index in [1.807, 2.05) is 13.0 Å². The zero-order valence-electron chi connectivity index (χ0n) is 17.7. The van der Waals surface area contributed by atoms with Crippen LogP contribution >= 0.6 is 0 Å². The molecule has 170 valence electrons. The number of allylic oxidation sites excluding steroid dienone is 1. The molecular formula is C23H19F3N4O3. The van der Waals surface area contributed by atoms with Gasteiger partial charge in [-0.25, -0.2) is 0 Å². The predicted molar refractivity (Wildman–Crippen MR) is 112 cm³/mol. The molecule has 1 aliphatic rings. The van der Waals surface area contributed by atoms with Crippen LogP contribution in [0.4, 0.5) is 13.2 Å². The molecule has 3 aromatic rings. The molecule has 0 amide bonds. The second-order valence-corrected chi connectivity index (χ2v) is 7.16. The van der Waals surface area contributed by atoms with Gasteiger partial charge in [0.1, 0.15) is 11.6 Å². The number of hydrogen-bond acceptors (Lipinski definition) is 6. The maximum Gasteiger partial charge on any atom is 0.416 e. The topological polar surface area (TPSA) is 106 Å². The number of nitrogens with one attached hydrogen (secondary N) is 1. The Hall–Kier alpha value is -4.13. The number of rotatable bonds is 5. The van der Waals surface area contributed by atoms with Gasteiger partial charge in [-0.2, -0.15) is 18.4 Å². The lowest BCUT2D eigenvalue weighted by atomic mass is 9.82. The van der Waals surface area contributed by atoms with Gasteiger partial charge in [0, 0.05) is 5.56 Å². The summed E-state index contributed by atoms with van der Waals surface area (Å²) < 4.78 is 55.7. The minimum Gasteiger partial charge on any atom is -0.493 e. The fourth-order valence-corrected chi connectivity index (χ4v) is 3.76. The Kier molecular flexibility index (Phi) is 5.64. The third kappa shape index (κ3) is 3.93. The van der Waals surface area contributed by atoms with E-state index in [4.69, 9.17) is 19.9 Å². The van der Waals surface area contributed by atoms with Crippen molar-refractivity contribution in [1.29, 1.82) is 5.26 Å². The van der Waals surface area contributed by atoms with Crippen LogP contribution in [0.3, 0.4) is 0 Å². The zero-order valence-corrected chi connectivity index (χ0v) is 17.7. The first-order valence-electron chi connectivity index (χ1n) is 9.92. The molecule has 0 fully saturated rings. The minimum absolute atomic E-state index is 0.0720. The lowest BCUT2D eigenvalue weighted by molar-refractivity contribution is -0.137. The van der Waals surface area contributed by atoms with E-state index in [1.165, 1.54) is 19.2 Å². The van der Waals surface area contributed by atoms with Crippen molar-refractivity contribution in [2.24, 2.45) is 5.73 Å². The number of aromatic amines is 1. The average Bonchev–Trinajstić information content (AvgIpc) is 3.21. The highest BCUT2D eigenvalue weighted by molar-refractivity contribution is 5.73. The van der Waals surface area contributed by atoms with Crippen LogP contribution in [0.25, 0.3) is 11.3 Å². The smallest absolute Gasteiger partial charge is 0.416 e. The fourth-order valence-electron chi connectivity index (χ4n) is 3.76. The number of methoxy groups -OCH3 is 1. The number of nitriles is 1. The van der Waals surface area contributed by atoms with Crippen LogP contribution < -0.4 is 19.9 Å². The SMILES string of the molecule is CCOc1ccc(-c2[nH]nc3c2[C@@H](c2ccc(C(F)(F)F)cc2)C(C#N)=C(N)O3)cc1OC. The van der Waals surface area contributed by atoms with Crippen molar-refractivity contribution in [2.75, 3.05) is 13.7 Å². The van der Waals surface area contributed by atoms with Gasteiger partial charge in [0.05, 0.1) is 36.5 Å². The highest BCUT2D eigenvalue weighted by Crippen LogP contribution is 2.47. The first-order valence-corrected chi connectivity index (χ1v) is 9.92. The molecule has 1 aliphatic heterocycles. The van der Waals surface area contributed by atoms with E-state index < -0.39 is 17.7 Å². The summed E-state index contributed by atoms with van der Waals surface area (Å²) in [5.41, 5.74) is 7.30. The monoisotopic (exact) mass is 456 g/mol. The highest BCUT2D eigenvalue weighted by atomic mass is 19.4. The first kappa shape index (κ1) is 22.1. The third-order valence-corrected chi connectivity index (χ3v) is 5.26. The highest BCUT2D eigenvalue weighted by Gasteiger charge is 2.37. The molecule has 3 N–H and O–H groups in total. The molecule has 0 radical (unpaired) electrons. The van der Waals surface area contributed by atoms with E-state index in [1.54, 1.807) is 18.2 Å². The molecule has 7 nitrogen and oxygen atoms in total. The van der Waals surface area contributed by atoms with E-state index in [2.05, 4.69) is 10.2 Å². The van der Waals surface area contributed by atoms with Crippen LogP contribution in [0.5, 0.6) is 17.4 Å². The number of ether oxygens (including phenoxy) is 3. The van der Waals surface area contributed by atoms with E-state index in [0.717, 1.165) is 12.1 Å². The molecule has 0 saturated heterocycles. The maximum absolute atomic E-state index is 13.1. The maximum atomic E-state index is 13.1. The summed E-state index contributed by atoms with van der Waals surface area (Å²) in [6.07, 6.45) is -4.48. The molecule has 33 heavy (non-hydrogen) atoms. The average molecular weight is 456 g/mol. The molecule has 2 heterocycles. The molecule has 10 heteroatoms. The summed E-state index contributed by atoms with van der Waals surface area (Å²) in [7, 11) is 1.51. The largest absolute Gasteiger partial charge is 0.493 e. The second-order valence-electron chi connectivity index (χ2n) is 7.16. The predicted octanol–water partition coefficient (Wildman–Crippen LogP) is 4.72. The van der Waals surface area contributed by atoms with Gasteiger partial charge in [-0.05, 0) is 42.8 Å². The molecular weight excluding hydrogens is 437 g/mol. The van der Waals surface area contributed by atoms with Crippen LogP contribution in [-0.2, 0) is 6.18 Å². The lowest BCUT2D eigenvalue weighted by Gasteiger charge is -2.24. The molecule has 0 bridgehead atoms. The molecule has 0 unspecified atom stereocenters. The molecule has 0 spiro atoms. The lowest BCUT2D eigenvalue weighted by Crippen LogP contribution is -2.21. The number of nitrogens with zero attached hydrogens (tertiary/aromatic N) is 2. The molecule has 2 aromatic carbocycles. The van der Waals surface area contributed by atoms with Gasteiger partial charge < -0.3 is 19.9 Å². The quantitative estimate of drug-likeness (QED) is 0.575. The number of fused-ring (bicyclic) bond motifs is 1. The standard InChI is InChI=1S/C23H19F3N4O3/c1-3-32-16-9-6-13(10-17(16)31-2)20-19-18(12-4-7-14(8-5-12)23(24,25)26)15(11-27)21(28)33-22(19)30-29-20/h4-10,18H,3,28H2,1-2H3,(H,29,30)/t18-/m0/s1. The van der Waals surface area contributed by atoms with Gasteiger partial charge in [0.25, 0.3) is 0 Å². The molecule has 0 saturated carbocycles. The molecule has 1 atom stereocenters. The van der Waals surface area contributed by atoms with Crippen molar-refractivity contribution < 1.29 is 27.4 Å². The Morgan fingerprint density at radius 1 is 1.18 bits per heavy atom. The van der Waals surface area contributed by atoms with Gasteiger partial charge in [-0.1, -0.05) is 12.1 Å². The fraction of sp³-hybridized carbons (Fsp3) is 0.217. The van der Waals surface area contributed by atoms with Crippen LogP contribution in [-0.4, -0.2) is 23.9 Å². The van der Waals surface area contributed by atoms with Crippen molar-refractivity contribution in [3.8, 4) is 34.7 Å². The van der Waals surface area contributed by atoms with Crippen LogP contribution in [0.2, 0.25) is 0 Å². The number of hydrogen-bond donors (Lipinski definition) is 2. The summed E-state index contributed by atoms with van der Waals surface area (Å²) in [5, 5.41) is 16.8. The summed E-state index contributed by atoms with van der Waals surface area (Å²) in [6, 6.07) is 11.8. The Morgan fingerprint density at radius 2 is 1.91 bits per heavy atom.